The third kappa shape index (κ3) is 9.29. The van der Waals surface area contributed by atoms with Crippen molar-refractivity contribution in [2.24, 2.45) is 0 Å². The van der Waals surface area contributed by atoms with Gasteiger partial charge in [-0.3, -0.25) is 17.6 Å². The van der Waals surface area contributed by atoms with Crippen molar-refractivity contribution in [2.45, 2.75) is 51.4 Å². The number of benzene rings is 12. The summed E-state index contributed by atoms with van der Waals surface area (Å²) >= 11 is 0. The summed E-state index contributed by atoms with van der Waals surface area (Å²) in [5, 5.41) is 14.5. The number of fused-ring (bicyclic) bond motifs is 51. The molecule has 24 aromatic rings. The summed E-state index contributed by atoms with van der Waals surface area (Å²) in [7, 11) is 0. The maximum Gasteiger partial charge on any atom is 0.146 e. The van der Waals surface area contributed by atoms with Gasteiger partial charge in [0.25, 0.3) is 0 Å². The van der Waals surface area contributed by atoms with Gasteiger partial charge in [0.05, 0.1) is 0 Å². The Balaban J connectivity index is 0.0000000828. The van der Waals surface area contributed by atoms with Crippen LogP contribution in [-0.4, -0.2) is 57.5 Å². The minimum absolute atomic E-state index is 0.966. The standard InChI is InChI=1S/4C28H17N3/c1-2-5-19-16(4-1)13-24-20(19)8-7-17-12-18-14-23-21-6-3-9-29-27(21)31-11-10-30-28(31)25(23)15-22(18)26(17)24;1-2-5-18-16(4-1)12-23-19(18)7-8-20-22-15-26-25(14-17(22)13-24(20)23)21-6-3-9-29-27(21)31-11-10-30-28(26)31;1-2-5-19-16(4-1)12-17-7-8-20-22-15-25-23(13-18(22)14-24(20)26(17)19)21-6-3-9-29-27(21)31-11-10-30-28(25)31;1-2-5-20-16(4-1)10-17-13-23-18(12-22(17)20)11-19-14-25-21-6-3-7-29-27(21)31-9-8-30-28(31)26(25)15-24(19)23/h2*1-11,14-15H,12-13H2;1-11,13,15H,12,14H2;1-9,12-15H,10-11H2. The molecule has 0 amide bonds. The molecule has 8 aliphatic rings. The number of pyridine rings is 8. The second-order valence-electron chi connectivity index (χ2n) is 34.8. The Morgan fingerprint density at radius 2 is 0.411 bits per heavy atom. The fraction of sp³-hybridized carbons (Fsp3) is 0.0714. The van der Waals surface area contributed by atoms with Crippen LogP contribution < -0.4 is 0 Å². The van der Waals surface area contributed by atoms with Gasteiger partial charge in [0.1, 0.15) is 45.2 Å². The third-order valence-corrected chi connectivity index (χ3v) is 28.6. The van der Waals surface area contributed by atoms with E-state index < -0.39 is 0 Å². The summed E-state index contributed by atoms with van der Waals surface area (Å²) in [6.45, 7) is 0. The Labute approximate surface area is 709 Å². The number of hydrogen-bond donors (Lipinski definition) is 0. The van der Waals surface area contributed by atoms with E-state index in [1.165, 1.54) is 243 Å². The maximum absolute atomic E-state index is 4.71. The maximum atomic E-state index is 4.71. The molecule has 0 spiro atoms. The fourth-order valence-electron chi connectivity index (χ4n) is 23.3. The van der Waals surface area contributed by atoms with Crippen LogP contribution in [0.4, 0.5) is 0 Å². The van der Waals surface area contributed by atoms with E-state index in [0.29, 0.717) is 0 Å². The zero-order valence-electron chi connectivity index (χ0n) is 67.0. The lowest BCUT2D eigenvalue weighted by molar-refractivity contribution is 1.16. The van der Waals surface area contributed by atoms with Gasteiger partial charge in [0.15, 0.2) is 0 Å². The van der Waals surface area contributed by atoms with E-state index in [1.807, 2.05) is 98.6 Å². The number of rotatable bonds is 0. The first-order valence-electron chi connectivity index (χ1n) is 43.1. The molecule has 8 aliphatic carbocycles. The molecular weight excluding hydrogens is 1510 g/mol. The Morgan fingerprint density at radius 1 is 0.153 bits per heavy atom. The highest BCUT2D eigenvalue weighted by Gasteiger charge is 2.35. The monoisotopic (exact) mass is 1580 g/mol. The third-order valence-electron chi connectivity index (χ3n) is 28.6. The number of hydrogen-bond acceptors (Lipinski definition) is 8. The van der Waals surface area contributed by atoms with E-state index in [9.17, 15) is 0 Å². The summed E-state index contributed by atoms with van der Waals surface area (Å²) in [5.74, 6) is 0. The number of nitrogens with zero attached hydrogens (tertiary/aromatic N) is 12. The molecule has 0 unspecified atom stereocenters. The van der Waals surface area contributed by atoms with Crippen LogP contribution in [0.3, 0.4) is 0 Å². The summed E-state index contributed by atoms with van der Waals surface area (Å²) < 4.78 is 8.45. The van der Waals surface area contributed by atoms with Crippen molar-refractivity contribution >= 4 is 110 Å². The molecule has 12 heterocycles. The van der Waals surface area contributed by atoms with E-state index in [-0.39, 0.29) is 0 Å². The minimum atomic E-state index is 0.966. The van der Waals surface area contributed by atoms with Gasteiger partial charge in [-0.25, -0.2) is 39.9 Å². The van der Waals surface area contributed by atoms with E-state index >= 15 is 0 Å². The molecule has 124 heavy (non-hydrogen) atoms. The topological polar surface area (TPSA) is 121 Å². The van der Waals surface area contributed by atoms with E-state index in [4.69, 9.17) is 4.98 Å². The van der Waals surface area contributed by atoms with Gasteiger partial charge in [0.2, 0.25) is 0 Å². The van der Waals surface area contributed by atoms with Gasteiger partial charge in [-0.2, -0.15) is 0 Å². The average molecular weight is 1580 g/mol. The van der Waals surface area contributed by atoms with Crippen molar-refractivity contribution in [1.82, 2.24) is 57.5 Å². The predicted molar refractivity (Wildman–Crippen MR) is 498 cm³/mol. The molecule has 0 N–H and O–H groups in total. The molecule has 576 valence electrons. The zero-order chi connectivity index (χ0) is 80.4. The Morgan fingerprint density at radius 3 is 0.871 bits per heavy atom. The summed E-state index contributed by atoms with van der Waals surface area (Å²) in [6, 6.07) is 90.0. The molecule has 0 radical (unpaired) electrons. The average Bonchev–Trinajstić information content (AvgIpc) is 1.54. The molecule has 0 fully saturated rings. The van der Waals surface area contributed by atoms with Gasteiger partial charge in [-0.1, -0.05) is 133 Å². The second-order valence-corrected chi connectivity index (χ2v) is 34.8. The molecule has 0 bridgehead atoms. The summed E-state index contributed by atoms with van der Waals surface area (Å²) in [5.41, 5.74) is 53.3. The van der Waals surface area contributed by atoms with E-state index in [2.05, 4.69) is 271 Å². The first-order chi connectivity index (χ1) is 61.4. The molecule has 32 rings (SSSR count). The van der Waals surface area contributed by atoms with Crippen molar-refractivity contribution in [3.8, 4) is 89.0 Å². The molecule has 0 atom stereocenters. The van der Waals surface area contributed by atoms with Gasteiger partial charge in [0, 0.05) is 117 Å². The second kappa shape index (κ2) is 24.9. The van der Waals surface area contributed by atoms with Gasteiger partial charge < -0.3 is 0 Å². The summed E-state index contributed by atoms with van der Waals surface area (Å²) in [4.78, 5) is 37.4. The highest BCUT2D eigenvalue weighted by Crippen LogP contribution is 2.54. The van der Waals surface area contributed by atoms with Crippen LogP contribution in [0.5, 0.6) is 0 Å². The Hall–Kier alpha value is -15.9. The predicted octanol–water partition coefficient (Wildman–Crippen LogP) is 24.7. The number of imidazole rings is 4. The minimum Gasteiger partial charge on any atom is -0.283 e. The smallest absolute Gasteiger partial charge is 0.146 e. The van der Waals surface area contributed by atoms with Crippen molar-refractivity contribution in [3.63, 3.8) is 0 Å². The Bertz CT molecular complexity index is 8980. The first-order valence-corrected chi connectivity index (χ1v) is 43.1. The highest BCUT2D eigenvalue weighted by molar-refractivity contribution is 6.17. The van der Waals surface area contributed by atoms with Crippen LogP contribution in [0.15, 0.2) is 317 Å². The normalized spacial score (nSPS) is 13.5. The van der Waals surface area contributed by atoms with Crippen LogP contribution in [0.1, 0.15) is 89.0 Å². The van der Waals surface area contributed by atoms with Crippen LogP contribution in [0.25, 0.3) is 199 Å². The van der Waals surface area contributed by atoms with E-state index in [0.717, 1.165) is 96.5 Å². The van der Waals surface area contributed by atoms with E-state index in [1.54, 1.807) is 0 Å². The lowest BCUT2D eigenvalue weighted by Crippen LogP contribution is -1.94. The zero-order valence-corrected chi connectivity index (χ0v) is 67.0. The SMILES string of the molecule is c1ccc2c(c1)Cc1c-2ccc2c1-c1cc3c(cc1C2)c1cccnc1n1ccnc31.c1ccc2c(c1)Cc1c-2ccc2c1Cc1cc3c4cccnc4n4ccnc4c3cc1-2.c1ccc2c(c1)Cc1cc3c(cc1-2)Cc1cc2c4cccnc4n4ccnc4c2cc1-3.c1ccc2c(c1)Cc1ccc3c(c1-2)Cc1cc2c4cccnc4n4ccnc4c2cc1-3. The van der Waals surface area contributed by atoms with Crippen molar-refractivity contribution in [1.29, 1.82) is 0 Å². The van der Waals surface area contributed by atoms with Crippen LogP contribution >= 0.6 is 0 Å². The van der Waals surface area contributed by atoms with Gasteiger partial charge in [-0.05, 0) is 360 Å². The Kier molecular flexibility index (Phi) is 13.4. The fourth-order valence-corrected chi connectivity index (χ4v) is 23.3. The summed E-state index contributed by atoms with van der Waals surface area (Å²) in [6.07, 6.45) is 31.1. The van der Waals surface area contributed by atoms with Crippen molar-refractivity contribution in [2.75, 3.05) is 0 Å². The molecule has 0 aliphatic heterocycles. The lowest BCUT2D eigenvalue weighted by atomic mass is 9.94. The molecule has 0 saturated heterocycles. The quantitative estimate of drug-likeness (QED) is 0.138. The molecule has 12 heteroatoms. The molecule has 0 saturated carbocycles. The van der Waals surface area contributed by atoms with Gasteiger partial charge in [-0.15, -0.1) is 0 Å². The van der Waals surface area contributed by atoms with Crippen LogP contribution in [0.2, 0.25) is 0 Å². The largest absolute Gasteiger partial charge is 0.283 e. The molecule has 12 nitrogen and oxygen atoms in total. The first kappa shape index (κ1) is 66.9. The van der Waals surface area contributed by atoms with Crippen LogP contribution in [0, 0.1) is 0 Å². The van der Waals surface area contributed by atoms with Gasteiger partial charge >= 0.3 is 0 Å². The lowest BCUT2D eigenvalue weighted by Gasteiger charge is -2.12. The van der Waals surface area contributed by atoms with Crippen molar-refractivity contribution < 1.29 is 0 Å². The number of aromatic nitrogens is 12. The molecular formula is C112H68N12. The molecule has 12 aromatic heterocycles. The molecule has 12 aromatic carbocycles. The highest BCUT2D eigenvalue weighted by atomic mass is 15.1. The van der Waals surface area contributed by atoms with Crippen LogP contribution in [-0.2, 0) is 51.4 Å². The van der Waals surface area contributed by atoms with Crippen molar-refractivity contribution in [3.05, 3.63) is 406 Å².